The Bertz CT molecular complexity index is 387. The fourth-order valence-corrected chi connectivity index (χ4v) is 3.70. The van der Waals surface area contributed by atoms with Gasteiger partial charge in [0.1, 0.15) is 0 Å². The zero-order valence-electron chi connectivity index (χ0n) is 9.58. The van der Waals surface area contributed by atoms with E-state index in [9.17, 15) is 26.7 Å². The van der Waals surface area contributed by atoms with Crippen LogP contribution in [0, 0.1) is 0 Å². The SMILES string of the molecule is O=S(=O)(CCCl)N1CCCC(O)(C(F)(F)F)CC1. The van der Waals surface area contributed by atoms with Gasteiger partial charge in [-0.3, -0.25) is 0 Å². The third-order valence-electron chi connectivity index (χ3n) is 3.03. The summed E-state index contributed by atoms with van der Waals surface area (Å²) < 4.78 is 62.2. The number of rotatable bonds is 3. The zero-order chi connectivity index (χ0) is 14.0. The average molecular weight is 310 g/mol. The van der Waals surface area contributed by atoms with E-state index < -0.39 is 34.6 Å². The van der Waals surface area contributed by atoms with Crippen molar-refractivity contribution >= 4 is 21.6 Å². The lowest BCUT2D eigenvalue weighted by atomic mass is 9.94. The summed E-state index contributed by atoms with van der Waals surface area (Å²) in [5.41, 5.74) is -2.79. The third kappa shape index (κ3) is 3.49. The molecule has 0 aromatic heterocycles. The van der Waals surface area contributed by atoms with E-state index in [0.29, 0.717) is 0 Å². The standard InChI is InChI=1S/C9H15ClF3NO3S/c10-4-7-18(16,17)14-5-1-2-8(15,3-6-14)9(11,12)13/h15H,1-7H2. The maximum atomic E-state index is 12.6. The van der Waals surface area contributed by atoms with Gasteiger partial charge in [0, 0.05) is 19.0 Å². The van der Waals surface area contributed by atoms with Crippen LogP contribution in [0.2, 0.25) is 0 Å². The second-order valence-corrected chi connectivity index (χ2v) is 6.75. The van der Waals surface area contributed by atoms with Gasteiger partial charge in [-0.05, 0) is 19.3 Å². The average Bonchev–Trinajstić information content (AvgIpc) is 2.40. The molecule has 1 aliphatic heterocycles. The van der Waals surface area contributed by atoms with Crippen molar-refractivity contribution in [3.05, 3.63) is 0 Å². The molecule has 0 bridgehead atoms. The van der Waals surface area contributed by atoms with Gasteiger partial charge < -0.3 is 5.11 Å². The van der Waals surface area contributed by atoms with Crippen molar-refractivity contribution < 1.29 is 26.7 Å². The van der Waals surface area contributed by atoms with E-state index in [1.165, 1.54) is 0 Å². The molecule has 1 atom stereocenters. The molecule has 0 spiro atoms. The Hall–Kier alpha value is -0.0500. The van der Waals surface area contributed by atoms with Crippen molar-refractivity contribution in [2.24, 2.45) is 0 Å². The van der Waals surface area contributed by atoms with Crippen molar-refractivity contribution in [3.63, 3.8) is 0 Å². The highest BCUT2D eigenvalue weighted by atomic mass is 35.5. The molecule has 1 fully saturated rings. The number of nitrogens with zero attached hydrogens (tertiary/aromatic N) is 1. The molecule has 1 heterocycles. The van der Waals surface area contributed by atoms with Crippen LogP contribution in [-0.2, 0) is 10.0 Å². The Balaban J connectivity index is 2.79. The van der Waals surface area contributed by atoms with Crippen molar-refractivity contribution in [1.29, 1.82) is 0 Å². The fourth-order valence-electron chi connectivity index (χ4n) is 1.88. The van der Waals surface area contributed by atoms with Crippen LogP contribution in [0.3, 0.4) is 0 Å². The number of hydrogen-bond donors (Lipinski definition) is 1. The molecule has 9 heteroatoms. The first-order valence-electron chi connectivity index (χ1n) is 5.45. The predicted octanol–water partition coefficient (Wildman–Crippen LogP) is 1.33. The lowest BCUT2D eigenvalue weighted by Crippen LogP contribution is -2.46. The fraction of sp³-hybridized carbons (Fsp3) is 1.00. The minimum Gasteiger partial charge on any atom is -0.380 e. The molecule has 4 nitrogen and oxygen atoms in total. The molecule has 1 unspecified atom stereocenters. The molecule has 1 N–H and O–H groups in total. The van der Waals surface area contributed by atoms with Crippen molar-refractivity contribution in [2.45, 2.75) is 31.0 Å². The highest BCUT2D eigenvalue weighted by Crippen LogP contribution is 2.38. The van der Waals surface area contributed by atoms with E-state index >= 15 is 0 Å². The summed E-state index contributed by atoms with van der Waals surface area (Å²) in [6, 6.07) is 0. The van der Waals surface area contributed by atoms with Gasteiger partial charge in [-0.25, -0.2) is 12.7 Å². The summed E-state index contributed by atoms with van der Waals surface area (Å²) in [4.78, 5) is 0. The minimum absolute atomic E-state index is 0.0163. The van der Waals surface area contributed by atoms with Gasteiger partial charge in [0.2, 0.25) is 10.0 Å². The predicted molar refractivity (Wildman–Crippen MR) is 60.9 cm³/mol. The maximum absolute atomic E-state index is 12.6. The molecule has 0 radical (unpaired) electrons. The summed E-state index contributed by atoms with van der Waals surface area (Å²) in [5.74, 6) is -0.415. The van der Waals surface area contributed by atoms with E-state index in [4.69, 9.17) is 11.6 Å². The second kappa shape index (κ2) is 5.52. The maximum Gasteiger partial charge on any atom is 0.417 e. The Kier molecular flexibility index (Phi) is 4.91. The summed E-state index contributed by atoms with van der Waals surface area (Å²) in [6.07, 6.45) is -5.89. The van der Waals surface area contributed by atoms with Gasteiger partial charge in [0.05, 0.1) is 5.75 Å². The Labute approximate surface area is 109 Å². The Morgan fingerprint density at radius 1 is 1.28 bits per heavy atom. The summed E-state index contributed by atoms with van der Waals surface area (Å²) in [7, 11) is -3.63. The molecule has 0 aromatic rings. The quantitative estimate of drug-likeness (QED) is 0.800. The molecular formula is C9H15ClF3NO3S. The van der Waals surface area contributed by atoms with Crippen molar-refractivity contribution in [1.82, 2.24) is 4.31 Å². The van der Waals surface area contributed by atoms with Gasteiger partial charge >= 0.3 is 6.18 Å². The molecular weight excluding hydrogens is 295 g/mol. The third-order valence-corrected chi connectivity index (χ3v) is 5.31. The van der Waals surface area contributed by atoms with Gasteiger partial charge in [-0.2, -0.15) is 13.2 Å². The van der Waals surface area contributed by atoms with Gasteiger partial charge in [0.15, 0.2) is 5.60 Å². The highest BCUT2D eigenvalue weighted by Gasteiger charge is 2.53. The van der Waals surface area contributed by atoms with Crippen LogP contribution >= 0.6 is 11.6 Å². The Morgan fingerprint density at radius 3 is 2.39 bits per heavy atom. The lowest BCUT2D eigenvalue weighted by molar-refractivity contribution is -0.263. The van der Waals surface area contributed by atoms with Crippen LogP contribution in [0.15, 0.2) is 0 Å². The number of sulfonamides is 1. The monoisotopic (exact) mass is 309 g/mol. The first-order valence-corrected chi connectivity index (χ1v) is 7.60. The first kappa shape index (κ1) is 16.0. The zero-order valence-corrected chi connectivity index (χ0v) is 11.2. The second-order valence-electron chi connectivity index (χ2n) is 4.29. The number of alkyl halides is 4. The lowest BCUT2D eigenvalue weighted by Gasteiger charge is -2.29. The molecule has 0 amide bonds. The topological polar surface area (TPSA) is 57.6 Å². The number of hydrogen-bond acceptors (Lipinski definition) is 3. The summed E-state index contributed by atoms with van der Waals surface area (Å²) in [5, 5.41) is 9.53. The summed E-state index contributed by atoms with van der Waals surface area (Å²) >= 11 is 5.34. The highest BCUT2D eigenvalue weighted by molar-refractivity contribution is 7.89. The molecule has 0 aromatic carbocycles. The molecule has 108 valence electrons. The van der Waals surface area contributed by atoms with Crippen molar-refractivity contribution in [2.75, 3.05) is 24.7 Å². The van der Waals surface area contributed by atoms with Crippen LogP contribution in [0.25, 0.3) is 0 Å². The van der Waals surface area contributed by atoms with E-state index in [1.54, 1.807) is 0 Å². The molecule has 1 rings (SSSR count). The molecule has 0 aliphatic carbocycles. The van der Waals surface area contributed by atoms with Gasteiger partial charge in [-0.1, -0.05) is 0 Å². The van der Waals surface area contributed by atoms with E-state index in [1.807, 2.05) is 0 Å². The van der Waals surface area contributed by atoms with Gasteiger partial charge in [-0.15, -0.1) is 11.6 Å². The summed E-state index contributed by atoms with van der Waals surface area (Å²) in [6.45, 7) is -0.354. The van der Waals surface area contributed by atoms with Crippen LogP contribution < -0.4 is 0 Å². The normalized spacial score (nSPS) is 28.1. The van der Waals surface area contributed by atoms with Crippen LogP contribution in [-0.4, -0.2) is 54.3 Å². The van der Waals surface area contributed by atoms with Crippen LogP contribution in [0.1, 0.15) is 19.3 Å². The van der Waals surface area contributed by atoms with E-state index in [2.05, 4.69) is 0 Å². The molecule has 1 aliphatic rings. The largest absolute Gasteiger partial charge is 0.417 e. The molecule has 0 saturated carbocycles. The minimum atomic E-state index is -4.74. The van der Waals surface area contributed by atoms with Gasteiger partial charge in [0.25, 0.3) is 0 Å². The van der Waals surface area contributed by atoms with Crippen LogP contribution in [0.5, 0.6) is 0 Å². The molecule has 1 saturated heterocycles. The number of aliphatic hydroxyl groups is 1. The van der Waals surface area contributed by atoms with Crippen LogP contribution in [0.4, 0.5) is 13.2 Å². The van der Waals surface area contributed by atoms with Crippen molar-refractivity contribution in [3.8, 4) is 0 Å². The number of halogens is 4. The Morgan fingerprint density at radius 2 is 1.89 bits per heavy atom. The first-order chi connectivity index (χ1) is 8.12. The molecule has 18 heavy (non-hydrogen) atoms. The van der Waals surface area contributed by atoms with E-state index in [0.717, 1.165) is 4.31 Å². The smallest absolute Gasteiger partial charge is 0.380 e. The van der Waals surface area contributed by atoms with E-state index in [-0.39, 0.29) is 31.1 Å².